The summed E-state index contributed by atoms with van der Waals surface area (Å²) in [5.41, 5.74) is 0. The Kier molecular flexibility index (Phi) is 5.87. The summed E-state index contributed by atoms with van der Waals surface area (Å²) in [6.07, 6.45) is 0.452. The van der Waals surface area contributed by atoms with Crippen LogP contribution in [0.4, 0.5) is 4.79 Å². The molecule has 0 aliphatic carbocycles. The molecule has 1 rings (SSSR count). The molecule has 2 amide bonds. The molecule has 1 aliphatic heterocycles. The molecule has 1 aliphatic rings. The molecule has 1 fully saturated rings. The van der Waals surface area contributed by atoms with Crippen LogP contribution in [0.15, 0.2) is 0 Å². The fraction of sp³-hybridized carbons (Fsp3) is 0.818. The van der Waals surface area contributed by atoms with Crippen LogP contribution in [0.1, 0.15) is 12.8 Å². The summed E-state index contributed by atoms with van der Waals surface area (Å²) >= 11 is 0. The number of carbonyl (C=O) groups excluding carboxylic acids is 1. The zero-order chi connectivity index (χ0) is 13.5. The first kappa shape index (κ1) is 14.7. The largest absolute Gasteiger partial charge is 0.479 e. The van der Waals surface area contributed by atoms with Gasteiger partial charge in [-0.15, -0.1) is 0 Å². The number of ether oxygens (including phenoxy) is 1. The SMILES string of the molecule is CN(CC1CCCOC1)C(=O)NCC(O)C(=O)O. The van der Waals surface area contributed by atoms with Crippen LogP contribution in [-0.2, 0) is 9.53 Å². The second-order valence-electron chi connectivity index (χ2n) is 4.50. The van der Waals surface area contributed by atoms with Crippen LogP contribution in [0.25, 0.3) is 0 Å². The predicted octanol–water partition coefficient (Wildman–Crippen LogP) is -0.500. The molecule has 0 bridgehead atoms. The van der Waals surface area contributed by atoms with E-state index in [-0.39, 0.29) is 12.6 Å². The highest BCUT2D eigenvalue weighted by molar-refractivity contribution is 5.76. The second-order valence-corrected chi connectivity index (χ2v) is 4.50. The van der Waals surface area contributed by atoms with Gasteiger partial charge in [0.25, 0.3) is 0 Å². The van der Waals surface area contributed by atoms with Gasteiger partial charge in [-0.3, -0.25) is 0 Å². The lowest BCUT2D eigenvalue weighted by Crippen LogP contribution is -2.45. The van der Waals surface area contributed by atoms with Gasteiger partial charge in [-0.05, 0) is 12.8 Å². The third kappa shape index (κ3) is 4.89. The van der Waals surface area contributed by atoms with Crippen molar-refractivity contribution >= 4 is 12.0 Å². The highest BCUT2D eigenvalue weighted by atomic mass is 16.5. The van der Waals surface area contributed by atoms with Crippen LogP contribution in [0.5, 0.6) is 0 Å². The lowest BCUT2D eigenvalue weighted by Gasteiger charge is -2.27. The van der Waals surface area contributed by atoms with E-state index in [1.165, 1.54) is 4.90 Å². The first-order chi connectivity index (χ1) is 8.50. The summed E-state index contributed by atoms with van der Waals surface area (Å²) in [5, 5.41) is 19.9. The Morgan fingerprint density at radius 1 is 1.56 bits per heavy atom. The van der Waals surface area contributed by atoms with Gasteiger partial charge in [-0.25, -0.2) is 9.59 Å². The highest BCUT2D eigenvalue weighted by Gasteiger charge is 2.20. The number of rotatable bonds is 5. The van der Waals surface area contributed by atoms with Crippen LogP contribution in [-0.4, -0.2) is 66.6 Å². The van der Waals surface area contributed by atoms with Gasteiger partial charge in [0, 0.05) is 26.1 Å². The Balaban J connectivity index is 2.25. The number of urea groups is 1. The van der Waals surface area contributed by atoms with Crippen molar-refractivity contribution in [2.24, 2.45) is 5.92 Å². The van der Waals surface area contributed by atoms with Crippen LogP contribution in [0, 0.1) is 5.92 Å². The van der Waals surface area contributed by atoms with Gasteiger partial charge < -0.3 is 25.2 Å². The number of hydrogen-bond donors (Lipinski definition) is 3. The van der Waals surface area contributed by atoms with Gasteiger partial charge in [0.05, 0.1) is 13.2 Å². The first-order valence-corrected chi connectivity index (χ1v) is 5.98. The van der Waals surface area contributed by atoms with Crippen molar-refractivity contribution in [1.29, 1.82) is 0 Å². The van der Waals surface area contributed by atoms with Crippen molar-refractivity contribution in [3.63, 3.8) is 0 Å². The molecule has 7 nitrogen and oxygen atoms in total. The molecule has 2 atom stereocenters. The van der Waals surface area contributed by atoms with Gasteiger partial charge in [0.15, 0.2) is 6.10 Å². The average molecular weight is 260 g/mol. The quantitative estimate of drug-likeness (QED) is 0.619. The predicted molar refractivity (Wildman–Crippen MR) is 63.2 cm³/mol. The molecule has 0 aromatic carbocycles. The average Bonchev–Trinajstić information content (AvgIpc) is 2.36. The monoisotopic (exact) mass is 260 g/mol. The number of carboxylic acids is 1. The lowest BCUT2D eigenvalue weighted by atomic mass is 10.0. The molecule has 0 aromatic rings. The summed E-state index contributed by atoms with van der Waals surface area (Å²) in [7, 11) is 1.64. The Labute approximate surface area is 106 Å². The normalized spacial score (nSPS) is 21.1. The van der Waals surface area contributed by atoms with Crippen molar-refractivity contribution < 1.29 is 24.5 Å². The standard InChI is InChI=1S/C11H20N2O5/c1-13(6-8-3-2-4-18-7-8)11(17)12-5-9(14)10(15)16/h8-9,14H,2-7H2,1H3,(H,12,17)(H,15,16). The van der Waals surface area contributed by atoms with E-state index in [2.05, 4.69) is 5.32 Å². The third-order valence-corrected chi connectivity index (χ3v) is 2.87. The van der Waals surface area contributed by atoms with E-state index in [1.807, 2.05) is 0 Å². The van der Waals surface area contributed by atoms with E-state index in [0.29, 0.717) is 19.1 Å². The minimum atomic E-state index is -1.57. The minimum absolute atomic E-state index is 0.292. The summed E-state index contributed by atoms with van der Waals surface area (Å²) in [6.45, 7) is 1.70. The number of carbonyl (C=O) groups is 2. The van der Waals surface area contributed by atoms with E-state index in [9.17, 15) is 9.59 Å². The van der Waals surface area contributed by atoms with E-state index in [1.54, 1.807) is 7.05 Å². The van der Waals surface area contributed by atoms with E-state index in [4.69, 9.17) is 14.9 Å². The lowest BCUT2D eigenvalue weighted by molar-refractivity contribution is -0.146. The van der Waals surface area contributed by atoms with Crippen molar-refractivity contribution in [2.75, 3.05) is 33.4 Å². The van der Waals surface area contributed by atoms with Crippen LogP contribution in [0.2, 0.25) is 0 Å². The maximum atomic E-state index is 11.6. The van der Waals surface area contributed by atoms with Gasteiger partial charge in [0.2, 0.25) is 0 Å². The number of amides is 2. The molecule has 18 heavy (non-hydrogen) atoms. The number of carboxylic acid groups (broad SMARTS) is 1. The van der Waals surface area contributed by atoms with Crippen molar-refractivity contribution in [3.8, 4) is 0 Å². The smallest absolute Gasteiger partial charge is 0.334 e. The molecular formula is C11H20N2O5. The number of nitrogens with one attached hydrogen (secondary N) is 1. The van der Waals surface area contributed by atoms with Gasteiger partial charge >= 0.3 is 12.0 Å². The Hall–Kier alpha value is -1.34. The molecular weight excluding hydrogens is 240 g/mol. The van der Waals surface area contributed by atoms with Crippen molar-refractivity contribution in [2.45, 2.75) is 18.9 Å². The zero-order valence-corrected chi connectivity index (χ0v) is 10.5. The summed E-state index contributed by atoms with van der Waals surface area (Å²) < 4.78 is 5.32. The fourth-order valence-electron chi connectivity index (χ4n) is 1.83. The maximum absolute atomic E-state index is 11.6. The molecule has 0 radical (unpaired) electrons. The topological polar surface area (TPSA) is 99.1 Å². The number of nitrogens with zero attached hydrogens (tertiary/aromatic N) is 1. The Morgan fingerprint density at radius 2 is 2.28 bits per heavy atom. The molecule has 0 aromatic heterocycles. The van der Waals surface area contributed by atoms with Gasteiger partial charge in [0.1, 0.15) is 0 Å². The van der Waals surface area contributed by atoms with Gasteiger partial charge in [-0.1, -0.05) is 0 Å². The van der Waals surface area contributed by atoms with E-state index >= 15 is 0 Å². The highest BCUT2D eigenvalue weighted by Crippen LogP contribution is 2.14. The first-order valence-electron chi connectivity index (χ1n) is 5.98. The molecule has 104 valence electrons. The van der Waals surface area contributed by atoms with E-state index in [0.717, 1.165) is 19.4 Å². The summed E-state index contributed by atoms with van der Waals surface area (Å²) in [5.74, 6) is -1.03. The van der Waals surface area contributed by atoms with Crippen molar-refractivity contribution in [3.05, 3.63) is 0 Å². The molecule has 7 heteroatoms. The molecule has 0 spiro atoms. The third-order valence-electron chi connectivity index (χ3n) is 2.87. The number of aliphatic hydroxyl groups is 1. The molecule has 2 unspecified atom stereocenters. The molecule has 1 heterocycles. The molecule has 1 saturated heterocycles. The number of hydrogen-bond acceptors (Lipinski definition) is 4. The van der Waals surface area contributed by atoms with Crippen LogP contribution in [0.3, 0.4) is 0 Å². The zero-order valence-electron chi connectivity index (χ0n) is 10.5. The summed E-state index contributed by atoms with van der Waals surface area (Å²) in [6, 6.07) is -0.388. The summed E-state index contributed by atoms with van der Waals surface area (Å²) in [4.78, 5) is 23.5. The van der Waals surface area contributed by atoms with E-state index < -0.39 is 12.1 Å². The number of aliphatic hydroxyl groups excluding tert-OH is 1. The second kappa shape index (κ2) is 7.17. The maximum Gasteiger partial charge on any atom is 0.334 e. The van der Waals surface area contributed by atoms with Crippen LogP contribution >= 0.6 is 0 Å². The minimum Gasteiger partial charge on any atom is -0.479 e. The van der Waals surface area contributed by atoms with Crippen molar-refractivity contribution in [1.82, 2.24) is 10.2 Å². The number of aliphatic carboxylic acids is 1. The van der Waals surface area contributed by atoms with Gasteiger partial charge in [-0.2, -0.15) is 0 Å². The Morgan fingerprint density at radius 3 is 2.83 bits per heavy atom. The molecule has 0 saturated carbocycles. The fourth-order valence-corrected chi connectivity index (χ4v) is 1.83. The van der Waals surface area contributed by atoms with Crippen LogP contribution < -0.4 is 5.32 Å². The Bertz CT molecular complexity index is 291. The molecule has 3 N–H and O–H groups in total.